The molecule has 0 radical (unpaired) electrons. The molecule has 2 aromatic carbocycles. The van der Waals surface area contributed by atoms with Gasteiger partial charge in [0.05, 0.1) is 7.11 Å². The summed E-state index contributed by atoms with van der Waals surface area (Å²) < 4.78 is 16.2. The number of hydrogen-bond acceptors (Lipinski definition) is 4. The molecule has 1 aliphatic heterocycles. The van der Waals surface area contributed by atoms with Gasteiger partial charge in [-0.05, 0) is 48.9 Å². The van der Waals surface area contributed by atoms with Crippen molar-refractivity contribution in [3.8, 4) is 17.2 Å². The van der Waals surface area contributed by atoms with Crippen molar-refractivity contribution in [2.45, 2.75) is 6.92 Å². The molecule has 0 fully saturated rings. The Hall–Kier alpha value is -2.49. The van der Waals surface area contributed by atoms with Crippen LogP contribution in [0.3, 0.4) is 0 Å². The molecule has 0 aliphatic carbocycles. The second-order valence-corrected chi connectivity index (χ2v) is 4.87. The van der Waals surface area contributed by atoms with Crippen LogP contribution in [0.4, 0.5) is 0 Å². The molecule has 4 nitrogen and oxygen atoms in total. The van der Waals surface area contributed by atoms with Crippen LogP contribution in [-0.2, 0) is 0 Å². The van der Waals surface area contributed by atoms with Crippen LogP contribution >= 0.6 is 0 Å². The van der Waals surface area contributed by atoms with Crippen molar-refractivity contribution in [2.75, 3.05) is 20.3 Å². The molecule has 2 aromatic rings. The average molecular weight is 284 g/mol. The Bertz CT molecular complexity index is 691. The average Bonchev–Trinajstić information content (AvgIpc) is 2.53. The predicted octanol–water partition coefficient (Wildman–Crippen LogP) is 3.01. The van der Waals surface area contributed by atoms with Gasteiger partial charge in [-0.3, -0.25) is 4.79 Å². The zero-order valence-corrected chi connectivity index (χ0v) is 12.0. The summed E-state index contributed by atoms with van der Waals surface area (Å²) in [6.45, 7) is 2.96. The van der Waals surface area contributed by atoms with E-state index < -0.39 is 0 Å². The number of methoxy groups -OCH3 is 1. The largest absolute Gasteiger partial charge is 0.496 e. The number of carbonyl (C=O) groups excluding carboxylic acids is 1. The normalized spacial score (nSPS) is 12.9. The van der Waals surface area contributed by atoms with Crippen molar-refractivity contribution >= 4 is 5.78 Å². The summed E-state index contributed by atoms with van der Waals surface area (Å²) in [7, 11) is 1.62. The Morgan fingerprint density at radius 2 is 1.67 bits per heavy atom. The summed E-state index contributed by atoms with van der Waals surface area (Å²) in [6.07, 6.45) is 0. The number of rotatable bonds is 3. The molecule has 4 heteroatoms. The molecule has 108 valence electrons. The van der Waals surface area contributed by atoms with Crippen molar-refractivity contribution in [3.05, 3.63) is 53.1 Å². The first-order valence-corrected chi connectivity index (χ1v) is 6.78. The van der Waals surface area contributed by atoms with E-state index in [4.69, 9.17) is 14.2 Å². The van der Waals surface area contributed by atoms with Gasteiger partial charge in [0.25, 0.3) is 0 Å². The van der Waals surface area contributed by atoms with Gasteiger partial charge in [-0.1, -0.05) is 0 Å². The topological polar surface area (TPSA) is 44.8 Å². The Balaban J connectivity index is 1.93. The minimum absolute atomic E-state index is 0.0438. The molecule has 0 N–H and O–H groups in total. The molecular weight excluding hydrogens is 268 g/mol. The van der Waals surface area contributed by atoms with Crippen LogP contribution in [0.2, 0.25) is 0 Å². The fourth-order valence-electron chi connectivity index (χ4n) is 2.37. The van der Waals surface area contributed by atoms with Crippen molar-refractivity contribution in [2.24, 2.45) is 0 Å². The molecule has 0 bridgehead atoms. The number of carbonyl (C=O) groups is 1. The van der Waals surface area contributed by atoms with Crippen LogP contribution in [0.1, 0.15) is 21.5 Å². The molecule has 0 spiro atoms. The maximum Gasteiger partial charge on any atom is 0.193 e. The highest BCUT2D eigenvalue weighted by molar-refractivity contribution is 6.09. The fraction of sp³-hybridized carbons (Fsp3) is 0.235. The molecular formula is C17H16O4. The van der Waals surface area contributed by atoms with Gasteiger partial charge in [-0.15, -0.1) is 0 Å². The number of fused-ring (bicyclic) bond motifs is 1. The maximum absolute atomic E-state index is 12.5. The van der Waals surface area contributed by atoms with E-state index >= 15 is 0 Å². The number of ether oxygens (including phenoxy) is 3. The molecule has 0 saturated heterocycles. The molecule has 3 rings (SSSR count). The molecule has 0 saturated carbocycles. The monoisotopic (exact) mass is 284 g/mol. The SMILES string of the molecule is COc1ccc(C(=O)c2ccc3c(c2)OCCO3)cc1C. The van der Waals surface area contributed by atoms with Crippen LogP contribution in [0.5, 0.6) is 17.2 Å². The number of hydrogen-bond donors (Lipinski definition) is 0. The first kappa shape index (κ1) is 13.5. The van der Waals surface area contributed by atoms with E-state index in [-0.39, 0.29) is 5.78 Å². The zero-order chi connectivity index (χ0) is 14.8. The van der Waals surface area contributed by atoms with Gasteiger partial charge in [0, 0.05) is 11.1 Å². The third kappa shape index (κ3) is 2.57. The molecule has 21 heavy (non-hydrogen) atoms. The zero-order valence-electron chi connectivity index (χ0n) is 12.0. The van der Waals surface area contributed by atoms with Crippen LogP contribution in [0.25, 0.3) is 0 Å². The maximum atomic E-state index is 12.5. The minimum atomic E-state index is -0.0438. The molecule has 1 aliphatic rings. The lowest BCUT2D eigenvalue weighted by Gasteiger charge is -2.18. The summed E-state index contributed by atoms with van der Waals surface area (Å²) in [5.41, 5.74) is 2.15. The van der Waals surface area contributed by atoms with Crippen LogP contribution in [0, 0.1) is 6.92 Å². The van der Waals surface area contributed by atoms with Crippen LogP contribution < -0.4 is 14.2 Å². The van der Waals surface area contributed by atoms with E-state index in [2.05, 4.69) is 0 Å². The van der Waals surface area contributed by atoms with E-state index in [0.29, 0.717) is 35.8 Å². The van der Waals surface area contributed by atoms with Gasteiger partial charge >= 0.3 is 0 Å². The van der Waals surface area contributed by atoms with Gasteiger partial charge < -0.3 is 14.2 Å². The number of benzene rings is 2. The van der Waals surface area contributed by atoms with Gasteiger partial charge in [0.15, 0.2) is 17.3 Å². The molecule has 0 unspecified atom stereocenters. The highest BCUT2D eigenvalue weighted by atomic mass is 16.6. The van der Waals surface area contributed by atoms with Crippen LogP contribution in [-0.4, -0.2) is 26.1 Å². The van der Waals surface area contributed by atoms with Gasteiger partial charge in [0.1, 0.15) is 19.0 Å². The molecule has 1 heterocycles. The Labute approximate surface area is 123 Å². The van der Waals surface area contributed by atoms with Crippen molar-refractivity contribution in [1.29, 1.82) is 0 Å². The van der Waals surface area contributed by atoms with E-state index in [0.717, 1.165) is 11.3 Å². The van der Waals surface area contributed by atoms with Gasteiger partial charge in [0.2, 0.25) is 0 Å². The summed E-state index contributed by atoms with van der Waals surface area (Å²) in [6, 6.07) is 10.7. The first-order chi connectivity index (χ1) is 10.2. The third-order valence-electron chi connectivity index (χ3n) is 3.46. The lowest BCUT2D eigenvalue weighted by Crippen LogP contribution is -2.15. The van der Waals surface area contributed by atoms with Crippen LogP contribution in [0.15, 0.2) is 36.4 Å². The summed E-state index contributed by atoms with van der Waals surface area (Å²) in [4.78, 5) is 12.5. The van der Waals surface area contributed by atoms with E-state index in [1.54, 1.807) is 37.4 Å². The van der Waals surface area contributed by atoms with E-state index in [9.17, 15) is 4.79 Å². The molecule has 0 aromatic heterocycles. The van der Waals surface area contributed by atoms with Crippen molar-refractivity contribution in [1.82, 2.24) is 0 Å². The van der Waals surface area contributed by atoms with E-state index in [1.165, 1.54) is 0 Å². The molecule has 0 atom stereocenters. The fourth-order valence-corrected chi connectivity index (χ4v) is 2.37. The van der Waals surface area contributed by atoms with E-state index in [1.807, 2.05) is 13.0 Å². The second-order valence-electron chi connectivity index (χ2n) is 4.87. The summed E-state index contributed by atoms with van der Waals surface area (Å²) >= 11 is 0. The smallest absolute Gasteiger partial charge is 0.193 e. The Morgan fingerprint density at radius 1 is 1.00 bits per heavy atom. The summed E-state index contributed by atoms with van der Waals surface area (Å²) in [5, 5.41) is 0. The highest BCUT2D eigenvalue weighted by Gasteiger charge is 2.16. The van der Waals surface area contributed by atoms with Gasteiger partial charge in [-0.2, -0.15) is 0 Å². The summed E-state index contributed by atoms with van der Waals surface area (Å²) in [5.74, 6) is 2.03. The predicted molar refractivity (Wildman–Crippen MR) is 78.6 cm³/mol. The van der Waals surface area contributed by atoms with Crippen molar-refractivity contribution < 1.29 is 19.0 Å². The number of ketones is 1. The lowest BCUT2D eigenvalue weighted by molar-refractivity contribution is 0.103. The Kier molecular flexibility index (Phi) is 3.52. The quantitative estimate of drug-likeness (QED) is 0.813. The number of aryl methyl sites for hydroxylation is 1. The first-order valence-electron chi connectivity index (χ1n) is 6.78. The highest BCUT2D eigenvalue weighted by Crippen LogP contribution is 2.31. The standard InChI is InChI=1S/C17H16O4/c1-11-9-12(3-5-14(11)19-2)17(18)13-4-6-15-16(10-13)21-8-7-20-15/h3-6,9-10H,7-8H2,1-2H3. The lowest BCUT2D eigenvalue weighted by atomic mass is 10.0. The van der Waals surface area contributed by atoms with Crippen molar-refractivity contribution in [3.63, 3.8) is 0 Å². The molecule has 0 amide bonds. The minimum Gasteiger partial charge on any atom is -0.496 e. The van der Waals surface area contributed by atoms with Gasteiger partial charge in [-0.25, -0.2) is 0 Å². The Morgan fingerprint density at radius 3 is 2.38 bits per heavy atom. The second kappa shape index (κ2) is 5.48. The third-order valence-corrected chi connectivity index (χ3v) is 3.46.